The second kappa shape index (κ2) is 8.78. The molecule has 0 bridgehead atoms. The molecule has 0 radical (unpaired) electrons. The molecule has 1 fully saturated rings. The summed E-state index contributed by atoms with van der Waals surface area (Å²) < 4.78 is 2.21. The Morgan fingerprint density at radius 1 is 1.07 bits per heavy atom. The van der Waals surface area contributed by atoms with Crippen LogP contribution < -0.4 is 10.2 Å². The van der Waals surface area contributed by atoms with E-state index >= 15 is 0 Å². The van der Waals surface area contributed by atoms with Gasteiger partial charge in [-0.2, -0.15) is 0 Å². The van der Waals surface area contributed by atoms with Crippen molar-refractivity contribution in [3.8, 4) is 0 Å². The van der Waals surface area contributed by atoms with Gasteiger partial charge in [-0.25, -0.2) is 0 Å². The lowest BCUT2D eigenvalue weighted by molar-refractivity contribution is -0.117. The molecule has 0 atom stereocenters. The summed E-state index contributed by atoms with van der Waals surface area (Å²) in [4.78, 5) is 25.7. The molecule has 0 aliphatic carbocycles. The number of fused-ring (bicyclic) bond motifs is 1. The van der Waals surface area contributed by atoms with Gasteiger partial charge in [-0.05, 0) is 54.1 Å². The Balaban J connectivity index is 1.23. The van der Waals surface area contributed by atoms with E-state index in [1.54, 1.807) is 12.2 Å². The first kappa shape index (κ1) is 19.0. The van der Waals surface area contributed by atoms with Crippen molar-refractivity contribution in [2.75, 3.05) is 18.0 Å². The fourth-order valence-corrected chi connectivity index (χ4v) is 3.71. The minimum Gasteiger partial charge on any atom is -0.352 e. The molecule has 1 aliphatic rings. The Kier molecular flexibility index (Phi) is 5.75. The van der Waals surface area contributed by atoms with Crippen LogP contribution >= 0.6 is 0 Å². The highest BCUT2D eigenvalue weighted by atomic mass is 16.2. The van der Waals surface area contributed by atoms with Crippen LogP contribution in [0.3, 0.4) is 0 Å². The molecule has 1 N–H and O–H groups in total. The fraction of sp³-hybridized carbons (Fsp3) is 0.250. The Hall–Kier alpha value is -3.34. The lowest BCUT2D eigenvalue weighted by Gasteiger charge is -2.15. The lowest BCUT2D eigenvalue weighted by atomic mass is 10.2. The number of rotatable bonds is 7. The molecule has 29 heavy (non-hydrogen) atoms. The number of para-hydroxylation sites is 1. The molecule has 2 heterocycles. The van der Waals surface area contributed by atoms with Crippen LogP contribution in [0.25, 0.3) is 17.0 Å². The molecule has 1 aliphatic heterocycles. The maximum absolute atomic E-state index is 12.1. The number of aromatic nitrogens is 1. The van der Waals surface area contributed by atoms with Crippen molar-refractivity contribution in [2.45, 2.75) is 25.8 Å². The van der Waals surface area contributed by atoms with E-state index in [-0.39, 0.29) is 11.8 Å². The van der Waals surface area contributed by atoms with Crippen molar-refractivity contribution in [3.05, 3.63) is 72.4 Å². The molecule has 1 saturated heterocycles. The first-order chi connectivity index (χ1) is 14.2. The third-order valence-electron chi connectivity index (χ3n) is 5.26. The molecule has 5 nitrogen and oxygen atoms in total. The highest BCUT2D eigenvalue weighted by Gasteiger charge is 2.21. The van der Waals surface area contributed by atoms with Crippen LogP contribution in [0, 0.1) is 0 Å². The van der Waals surface area contributed by atoms with Gasteiger partial charge in [0.1, 0.15) is 0 Å². The highest BCUT2D eigenvalue weighted by Crippen LogP contribution is 2.22. The maximum Gasteiger partial charge on any atom is 0.244 e. The first-order valence-corrected chi connectivity index (χ1v) is 10.1. The van der Waals surface area contributed by atoms with Gasteiger partial charge in [-0.15, -0.1) is 0 Å². The van der Waals surface area contributed by atoms with Crippen LogP contribution in [-0.2, 0) is 16.1 Å². The summed E-state index contributed by atoms with van der Waals surface area (Å²) in [6.07, 6.45) is 7.86. The number of carbonyl (C=O) groups excluding carboxylic acids is 2. The summed E-state index contributed by atoms with van der Waals surface area (Å²) in [5.41, 5.74) is 3.08. The van der Waals surface area contributed by atoms with Crippen molar-refractivity contribution in [1.29, 1.82) is 0 Å². The highest BCUT2D eigenvalue weighted by molar-refractivity contribution is 5.95. The molecule has 2 aromatic carbocycles. The monoisotopic (exact) mass is 387 g/mol. The molecule has 0 unspecified atom stereocenters. The summed E-state index contributed by atoms with van der Waals surface area (Å²) >= 11 is 0. The zero-order chi connectivity index (χ0) is 20.1. The SMILES string of the molecule is O=C(/C=C/c1ccc(N2CCCC2=O)cc1)NCCCn1ccc2ccccc21. The topological polar surface area (TPSA) is 54.3 Å². The zero-order valence-electron chi connectivity index (χ0n) is 16.4. The van der Waals surface area contributed by atoms with Gasteiger partial charge in [0.15, 0.2) is 0 Å². The number of hydrogen-bond donors (Lipinski definition) is 1. The number of amides is 2. The van der Waals surface area contributed by atoms with Gasteiger partial charge >= 0.3 is 0 Å². The van der Waals surface area contributed by atoms with Gasteiger partial charge in [0.2, 0.25) is 11.8 Å². The Labute approximate surface area is 170 Å². The lowest BCUT2D eigenvalue weighted by Crippen LogP contribution is -2.23. The van der Waals surface area contributed by atoms with Crippen molar-refractivity contribution >= 4 is 34.5 Å². The zero-order valence-corrected chi connectivity index (χ0v) is 16.4. The van der Waals surface area contributed by atoms with E-state index in [0.717, 1.165) is 37.2 Å². The van der Waals surface area contributed by atoms with Crippen LogP contribution in [0.5, 0.6) is 0 Å². The number of nitrogens with zero attached hydrogens (tertiary/aromatic N) is 2. The van der Waals surface area contributed by atoms with E-state index in [1.807, 2.05) is 41.3 Å². The second-order valence-corrected chi connectivity index (χ2v) is 7.29. The molecule has 5 heteroatoms. The molecule has 0 spiro atoms. The summed E-state index contributed by atoms with van der Waals surface area (Å²) in [7, 11) is 0. The standard InChI is InChI=1S/C24H25N3O2/c28-23(25-15-4-16-26-18-14-20-5-1-2-6-22(20)26)13-10-19-8-11-21(12-9-19)27-17-3-7-24(27)29/h1-2,5-6,8-14,18H,3-4,7,15-17H2,(H,25,28)/b13-10+. The summed E-state index contributed by atoms with van der Waals surface area (Å²) in [6.45, 7) is 2.29. The Bertz CT molecular complexity index is 1030. The van der Waals surface area contributed by atoms with Crippen molar-refractivity contribution < 1.29 is 9.59 Å². The van der Waals surface area contributed by atoms with Crippen LogP contribution in [0.4, 0.5) is 5.69 Å². The third kappa shape index (κ3) is 4.57. The summed E-state index contributed by atoms with van der Waals surface area (Å²) in [6, 6.07) is 18.1. The number of nitrogens with one attached hydrogen (secondary N) is 1. The summed E-state index contributed by atoms with van der Waals surface area (Å²) in [5.74, 6) is 0.0849. The number of anilines is 1. The maximum atomic E-state index is 12.1. The molecule has 0 saturated carbocycles. The van der Waals surface area contributed by atoms with Gasteiger partial charge in [-0.1, -0.05) is 30.3 Å². The number of aryl methyl sites for hydroxylation is 1. The Morgan fingerprint density at radius 3 is 2.69 bits per heavy atom. The molecule has 1 aromatic heterocycles. The number of hydrogen-bond acceptors (Lipinski definition) is 2. The molecule has 3 aromatic rings. The number of carbonyl (C=O) groups is 2. The molecular weight excluding hydrogens is 362 g/mol. The molecular formula is C24H25N3O2. The molecule has 2 amide bonds. The second-order valence-electron chi connectivity index (χ2n) is 7.29. The van der Waals surface area contributed by atoms with E-state index in [0.29, 0.717) is 13.0 Å². The normalized spacial score (nSPS) is 14.2. The van der Waals surface area contributed by atoms with E-state index in [9.17, 15) is 9.59 Å². The quantitative estimate of drug-likeness (QED) is 0.492. The average molecular weight is 387 g/mol. The first-order valence-electron chi connectivity index (χ1n) is 10.1. The predicted octanol–water partition coefficient (Wildman–Crippen LogP) is 3.99. The van der Waals surface area contributed by atoms with Gasteiger partial charge in [0.05, 0.1) is 0 Å². The van der Waals surface area contributed by atoms with Crippen LogP contribution in [-0.4, -0.2) is 29.5 Å². The number of benzene rings is 2. The minimum atomic E-state index is -0.0961. The van der Waals surface area contributed by atoms with Crippen LogP contribution in [0.15, 0.2) is 66.9 Å². The van der Waals surface area contributed by atoms with E-state index < -0.39 is 0 Å². The molecule has 148 valence electrons. The van der Waals surface area contributed by atoms with Gasteiger partial charge in [0, 0.05) is 49.5 Å². The largest absolute Gasteiger partial charge is 0.352 e. The smallest absolute Gasteiger partial charge is 0.244 e. The third-order valence-corrected chi connectivity index (χ3v) is 5.26. The van der Waals surface area contributed by atoms with Crippen LogP contribution in [0.1, 0.15) is 24.8 Å². The predicted molar refractivity (Wildman–Crippen MR) is 117 cm³/mol. The van der Waals surface area contributed by atoms with Crippen molar-refractivity contribution in [1.82, 2.24) is 9.88 Å². The van der Waals surface area contributed by atoms with E-state index in [1.165, 1.54) is 10.9 Å². The minimum absolute atomic E-state index is 0.0961. The van der Waals surface area contributed by atoms with Crippen molar-refractivity contribution in [2.24, 2.45) is 0 Å². The van der Waals surface area contributed by atoms with E-state index in [4.69, 9.17) is 0 Å². The summed E-state index contributed by atoms with van der Waals surface area (Å²) in [5, 5.41) is 4.17. The fourth-order valence-electron chi connectivity index (χ4n) is 3.71. The van der Waals surface area contributed by atoms with Crippen LogP contribution in [0.2, 0.25) is 0 Å². The Morgan fingerprint density at radius 2 is 1.90 bits per heavy atom. The van der Waals surface area contributed by atoms with E-state index in [2.05, 4.69) is 34.3 Å². The van der Waals surface area contributed by atoms with Gasteiger partial charge in [0.25, 0.3) is 0 Å². The van der Waals surface area contributed by atoms with Crippen molar-refractivity contribution in [3.63, 3.8) is 0 Å². The average Bonchev–Trinajstić information content (AvgIpc) is 3.36. The van der Waals surface area contributed by atoms with Gasteiger partial charge in [-0.3, -0.25) is 9.59 Å². The van der Waals surface area contributed by atoms with Gasteiger partial charge < -0.3 is 14.8 Å². The molecule has 4 rings (SSSR count).